The maximum Gasteiger partial charge on any atom is 0.156 e. The molecule has 0 aromatic rings. The maximum atomic E-state index is 11.2. The fourth-order valence-electron chi connectivity index (χ4n) is 1.96. The highest BCUT2D eigenvalue weighted by Gasteiger charge is 2.45. The van der Waals surface area contributed by atoms with Gasteiger partial charge in [0.05, 0.1) is 10.5 Å². The SMILES string of the molecule is O=S1(=O)C2CCC1CC2. The highest BCUT2D eigenvalue weighted by atomic mass is 32.2. The number of fused-ring (bicyclic) bond motifs is 2. The van der Waals surface area contributed by atoms with Crippen molar-refractivity contribution in [1.82, 2.24) is 0 Å². The third kappa shape index (κ3) is 0.584. The van der Waals surface area contributed by atoms with Gasteiger partial charge >= 0.3 is 0 Å². The molecule has 52 valence electrons. The first-order valence-corrected chi connectivity index (χ1v) is 5.05. The summed E-state index contributed by atoms with van der Waals surface area (Å²) in [7, 11) is -2.59. The van der Waals surface area contributed by atoms with Gasteiger partial charge in [-0.2, -0.15) is 0 Å². The summed E-state index contributed by atoms with van der Waals surface area (Å²) in [6, 6.07) is 0. The van der Waals surface area contributed by atoms with Gasteiger partial charge in [-0.1, -0.05) is 0 Å². The van der Waals surface area contributed by atoms with E-state index in [9.17, 15) is 8.42 Å². The van der Waals surface area contributed by atoms with Crippen molar-refractivity contribution < 1.29 is 8.42 Å². The third-order valence-electron chi connectivity index (χ3n) is 2.55. The molecule has 0 saturated carbocycles. The van der Waals surface area contributed by atoms with Crippen molar-refractivity contribution in [1.29, 1.82) is 0 Å². The standard InChI is InChI=1S/C6H10O2S/c7-9(8)5-1-2-6(9)4-3-5/h5-6H,1-4H2. The van der Waals surface area contributed by atoms with E-state index in [2.05, 4.69) is 0 Å². The molecule has 2 aliphatic heterocycles. The molecule has 0 aromatic heterocycles. The van der Waals surface area contributed by atoms with E-state index in [-0.39, 0.29) is 10.5 Å². The lowest BCUT2D eigenvalue weighted by atomic mass is 10.0. The zero-order valence-corrected chi connectivity index (χ0v) is 6.02. The smallest absolute Gasteiger partial charge is 0.156 e. The molecule has 2 saturated heterocycles. The molecule has 0 aliphatic carbocycles. The Morgan fingerprint density at radius 1 is 0.889 bits per heavy atom. The van der Waals surface area contributed by atoms with Gasteiger partial charge < -0.3 is 0 Å². The third-order valence-corrected chi connectivity index (χ3v) is 5.35. The van der Waals surface area contributed by atoms with Crippen LogP contribution in [0.3, 0.4) is 0 Å². The molecule has 2 aliphatic rings. The van der Waals surface area contributed by atoms with Gasteiger partial charge in [-0.15, -0.1) is 0 Å². The molecule has 9 heavy (non-hydrogen) atoms. The van der Waals surface area contributed by atoms with Gasteiger partial charge in [0.25, 0.3) is 0 Å². The lowest BCUT2D eigenvalue weighted by Crippen LogP contribution is -2.11. The Morgan fingerprint density at radius 3 is 1.33 bits per heavy atom. The predicted octanol–water partition coefficient (Wildman–Crippen LogP) is 0.726. The number of hydrogen-bond donors (Lipinski definition) is 0. The van der Waals surface area contributed by atoms with Gasteiger partial charge in [0.2, 0.25) is 0 Å². The molecule has 2 heterocycles. The summed E-state index contributed by atoms with van der Waals surface area (Å²) in [5.74, 6) is 0. The van der Waals surface area contributed by atoms with Crippen LogP contribution in [0.15, 0.2) is 0 Å². The second kappa shape index (κ2) is 1.51. The molecule has 0 spiro atoms. The minimum Gasteiger partial charge on any atom is -0.228 e. The van der Waals surface area contributed by atoms with Crippen molar-refractivity contribution in [3.8, 4) is 0 Å². The maximum absolute atomic E-state index is 11.2. The quantitative estimate of drug-likeness (QED) is 0.505. The van der Waals surface area contributed by atoms with E-state index in [1.165, 1.54) is 0 Å². The van der Waals surface area contributed by atoms with Crippen molar-refractivity contribution in [2.75, 3.05) is 0 Å². The first-order chi connectivity index (χ1) is 4.21. The highest BCUT2D eigenvalue weighted by molar-refractivity contribution is 7.93. The molecule has 2 rings (SSSR count). The molecule has 0 amide bonds. The normalized spacial score (nSPS) is 45.8. The average molecular weight is 146 g/mol. The Hall–Kier alpha value is -0.0500. The first kappa shape index (κ1) is 5.71. The van der Waals surface area contributed by atoms with Crippen molar-refractivity contribution >= 4 is 9.84 Å². The fraction of sp³-hybridized carbons (Fsp3) is 1.00. The monoisotopic (exact) mass is 146 g/mol. The van der Waals surface area contributed by atoms with Crippen molar-refractivity contribution in [3.63, 3.8) is 0 Å². The zero-order chi connectivity index (χ0) is 6.48. The summed E-state index contributed by atoms with van der Waals surface area (Å²) in [4.78, 5) is 0. The Bertz CT molecular complexity index is 191. The summed E-state index contributed by atoms with van der Waals surface area (Å²) in [5, 5.41) is 0.116. The van der Waals surface area contributed by atoms with Gasteiger partial charge in [0, 0.05) is 0 Å². The van der Waals surface area contributed by atoms with Gasteiger partial charge in [0.1, 0.15) is 0 Å². The van der Waals surface area contributed by atoms with E-state index in [1.54, 1.807) is 0 Å². The van der Waals surface area contributed by atoms with Crippen molar-refractivity contribution in [2.24, 2.45) is 0 Å². The topological polar surface area (TPSA) is 34.1 Å². The van der Waals surface area contributed by atoms with Crippen LogP contribution in [0.4, 0.5) is 0 Å². The van der Waals surface area contributed by atoms with Gasteiger partial charge in [-0.05, 0) is 25.7 Å². The Labute approximate surface area is 55.2 Å². The van der Waals surface area contributed by atoms with Gasteiger partial charge in [-0.25, -0.2) is 8.42 Å². The number of rotatable bonds is 0. The molecule has 0 N–H and O–H groups in total. The van der Waals surface area contributed by atoms with Gasteiger partial charge in [-0.3, -0.25) is 0 Å². The molecule has 0 unspecified atom stereocenters. The Kier molecular flexibility index (Phi) is 0.958. The molecule has 2 bridgehead atoms. The molecule has 2 fully saturated rings. The summed E-state index contributed by atoms with van der Waals surface area (Å²) < 4.78 is 22.3. The molecule has 2 nitrogen and oxygen atoms in total. The zero-order valence-electron chi connectivity index (χ0n) is 5.21. The second-order valence-corrected chi connectivity index (χ2v) is 5.50. The van der Waals surface area contributed by atoms with E-state index in [1.807, 2.05) is 0 Å². The number of sulfone groups is 1. The van der Waals surface area contributed by atoms with Crippen LogP contribution in [0.2, 0.25) is 0 Å². The van der Waals surface area contributed by atoms with Crippen LogP contribution in [0, 0.1) is 0 Å². The number of hydrogen-bond acceptors (Lipinski definition) is 2. The summed E-state index contributed by atoms with van der Waals surface area (Å²) in [6.45, 7) is 0. The Morgan fingerprint density at radius 2 is 1.22 bits per heavy atom. The van der Waals surface area contributed by atoms with E-state index in [0.29, 0.717) is 0 Å². The first-order valence-electron chi connectivity index (χ1n) is 3.44. The van der Waals surface area contributed by atoms with E-state index in [0.717, 1.165) is 25.7 Å². The molecular formula is C6H10O2S. The molecule has 3 heteroatoms. The van der Waals surface area contributed by atoms with E-state index >= 15 is 0 Å². The van der Waals surface area contributed by atoms with Crippen LogP contribution >= 0.6 is 0 Å². The van der Waals surface area contributed by atoms with Crippen LogP contribution in [0.1, 0.15) is 25.7 Å². The minimum atomic E-state index is -2.59. The van der Waals surface area contributed by atoms with Crippen molar-refractivity contribution in [2.45, 2.75) is 36.2 Å². The summed E-state index contributed by atoms with van der Waals surface area (Å²) in [6.07, 6.45) is 3.75. The van der Waals surface area contributed by atoms with E-state index < -0.39 is 9.84 Å². The van der Waals surface area contributed by atoms with Crippen LogP contribution in [-0.2, 0) is 9.84 Å². The molecule has 0 atom stereocenters. The second-order valence-electron chi connectivity index (χ2n) is 2.99. The largest absolute Gasteiger partial charge is 0.228 e. The minimum absolute atomic E-state index is 0.0579. The molecule has 0 aromatic carbocycles. The van der Waals surface area contributed by atoms with Crippen molar-refractivity contribution in [3.05, 3.63) is 0 Å². The van der Waals surface area contributed by atoms with E-state index in [4.69, 9.17) is 0 Å². The molecular weight excluding hydrogens is 136 g/mol. The Balaban J connectivity index is 2.49. The van der Waals surface area contributed by atoms with Crippen LogP contribution in [0.5, 0.6) is 0 Å². The summed E-state index contributed by atoms with van der Waals surface area (Å²) >= 11 is 0. The van der Waals surface area contributed by atoms with Crippen LogP contribution in [-0.4, -0.2) is 18.9 Å². The lowest BCUT2D eigenvalue weighted by molar-refractivity contribution is 0.576. The molecule has 0 radical (unpaired) electrons. The highest BCUT2D eigenvalue weighted by Crippen LogP contribution is 2.39. The van der Waals surface area contributed by atoms with Crippen LogP contribution < -0.4 is 0 Å². The van der Waals surface area contributed by atoms with Crippen LogP contribution in [0.25, 0.3) is 0 Å². The van der Waals surface area contributed by atoms with Gasteiger partial charge in [0.15, 0.2) is 9.84 Å². The summed E-state index contributed by atoms with van der Waals surface area (Å²) in [5.41, 5.74) is 0. The fourth-order valence-corrected chi connectivity index (χ4v) is 4.36. The lowest BCUT2D eigenvalue weighted by Gasteiger charge is -2.00. The predicted molar refractivity (Wildman–Crippen MR) is 35.0 cm³/mol. The average Bonchev–Trinajstić information content (AvgIpc) is 2.24.